The summed E-state index contributed by atoms with van der Waals surface area (Å²) in [5.74, 6) is 0.395. The Morgan fingerprint density at radius 1 is 0.697 bits per heavy atom. The predicted octanol–water partition coefficient (Wildman–Crippen LogP) is 5.75. The van der Waals surface area contributed by atoms with E-state index in [1.54, 1.807) is 0 Å². The van der Waals surface area contributed by atoms with Gasteiger partial charge in [0.25, 0.3) is 0 Å². The number of benzene rings is 3. The van der Waals surface area contributed by atoms with Gasteiger partial charge in [-0.05, 0) is 25.3 Å². The van der Waals surface area contributed by atoms with Gasteiger partial charge in [0, 0.05) is 21.5 Å². The van der Waals surface area contributed by atoms with E-state index >= 15 is 0 Å². The predicted molar refractivity (Wildman–Crippen MR) is 129 cm³/mol. The van der Waals surface area contributed by atoms with Crippen molar-refractivity contribution in [3.05, 3.63) is 48.0 Å². The molecule has 0 heterocycles. The summed E-state index contributed by atoms with van der Waals surface area (Å²) < 4.78 is 22.5. The summed E-state index contributed by atoms with van der Waals surface area (Å²) in [7, 11) is 0. The van der Waals surface area contributed by atoms with E-state index < -0.39 is 11.9 Å². The monoisotopic (exact) mass is 452 g/mol. The number of esters is 2. The highest BCUT2D eigenvalue weighted by atomic mass is 16.6. The second-order valence-corrected chi connectivity index (χ2v) is 7.93. The van der Waals surface area contributed by atoms with Crippen LogP contribution in [0.3, 0.4) is 0 Å². The minimum absolute atomic E-state index is 0.179. The summed E-state index contributed by atoms with van der Waals surface area (Å²) in [5, 5.41) is 3.25. The van der Waals surface area contributed by atoms with Gasteiger partial charge in [-0.25, -0.2) is 9.59 Å². The van der Waals surface area contributed by atoms with E-state index in [-0.39, 0.29) is 13.2 Å². The van der Waals surface area contributed by atoms with Gasteiger partial charge in [-0.1, -0.05) is 69.2 Å². The quantitative estimate of drug-likeness (QED) is 0.198. The van der Waals surface area contributed by atoms with E-state index in [0.717, 1.165) is 52.8 Å². The van der Waals surface area contributed by atoms with Crippen molar-refractivity contribution in [2.75, 3.05) is 26.4 Å². The van der Waals surface area contributed by atoms with Crippen LogP contribution in [0, 0.1) is 6.92 Å². The minimum Gasteiger partial charge on any atom is -0.481 e. The molecule has 0 fully saturated rings. The molecule has 0 unspecified atom stereocenters. The molecule has 3 aromatic carbocycles. The normalized spacial score (nSPS) is 10.9. The van der Waals surface area contributed by atoms with Crippen LogP contribution in [-0.4, -0.2) is 38.4 Å². The molecule has 0 aliphatic rings. The Morgan fingerprint density at radius 2 is 1.21 bits per heavy atom. The molecule has 0 aliphatic heterocycles. The van der Waals surface area contributed by atoms with Crippen LogP contribution >= 0.6 is 0 Å². The van der Waals surface area contributed by atoms with Crippen molar-refractivity contribution in [2.24, 2.45) is 0 Å². The van der Waals surface area contributed by atoms with Crippen LogP contribution < -0.4 is 9.47 Å². The summed E-state index contributed by atoms with van der Waals surface area (Å²) in [4.78, 5) is 24.3. The van der Waals surface area contributed by atoms with Gasteiger partial charge < -0.3 is 18.9 Å². The lowest BCUT2D eigenvalue weighted by atomic mass is 9.97. The molecule has 6 heteroatoms. The second-order valence-electron chi connectivity index (χ2n) is 7.93. The molecule has 176 valence electrons. The Hall–Kier alpha value is -3.28. The van der Waals surface area contributed by atoms with Crippen LogP contribution in [0.2, 0.25) is 0 Å². The fraction of sp³-hybridized carbons (Fsp3) is 0.407. The molecule has 0 radical (unpaired) electrons. The van der Waals surface area contributed by atoms with E-state index in [1.807, 2.05) is 63.2 Å². The molecular formula is C27H32O6. The van der Waals surface area contributed by atoms with Gasteiger partial charge in [-0.3, -0.25) is 0 Å². The van der Waals surface area contributed by atoms with Crippen molar-refractivity contribution >= 4 is 33.5 Å². The molecule has 0 amide bonds. The molecule has 0 saturated heterocycles. The Balaban J connectivity index is 1.95. The molecular weight excluding hydrogens is 420 g/mol. The zero-order chi connectivity index (χ0) is 23.6. The SMILES string of the molecule is CCCCOC(=O)COc1c2ccccc2c(OCC(=O)OCCCC)c2c(C)cccc12. The summed E-state index contributed by atoms with van der Waals surface area (Å²) in [6.45, 7) is 6.48. The summed E-state index contributed by atoms with van der Waals surface area (Å²) in [5.41, 5.74) is 0.975. The average molecular weight is 453 g/mol. The van der Waals surface area contributed by atoms with Crippen LogP contribution in [0.25, 0.3) is 21.5 Å². The lowest BCUT2D eigenvalue weighted by Crippen LogP contribution is -2.17. The van der Waals surface area contributed by atoms with Crippen molar-refractivity contribution in [1.82, 2.24) is 0 Å². The van der Waals surface area contributed by atoms with E-state index in [4.69, 9.17) is 18.9 Å². The van der Waals surface area contributed by atoms with E-state index in [1.165, 1.54) is 0 Å². The zero-order valence-electron chi connectivity index (χ0n) is 19.6. The summed E-state index contributed by atoms with van der Waals surface area (Å²) >= 11 is 0. The van der Waals surface area contributed by atoms with Gasteiger partial charge in [0.15, 0.2) is 13.2 Å². The standard InChI is InChI=1S/C27H32O6/c1-4-6-15-30-23(28)17-32-26-20-12-8-9-13-21(20)27(25-19(3)11-10-14-22(25)26)33-18-24(29)31-16-7-5-2/h8-14H,4-7,15-18H2,1-3H3. The van der Waals surface area contributed by atoms with E-state index in [0.29, 0.717) is 24.7 Å². The van der Waals surface area contributed by atoms with Crippen molar-refractivity contribution in [3.8, 4) is 11.5 Å². The number of carbonyl (C=O) groups excluding carboxylic acids is 2. The summed E-state index contributed by atoms with van der Waals surface area (Å²) in [6, 6.07) is 13.5. The van der Waals surface area contributed by atoms with Crippen LogP contribution in [0.4, 0.5) is 0 Å². The number of unbranched alkanes of at least 4 members (excludes halogenated alkanes) is 2. The Morgan fingerprint density at radius 3 is 1.79 bits per heavy atom. The largest absolute Gasteiger partial charge is 0.481 e. The second kappa shape index (κ2) is 12.1. The molecule has 0 spiro atoms. The Labute approximate surface area is 194 Å². The van der Waals surface area contributed by atoms with Crippen molar-refractivity contribution in [2.45, 2.75) is 46.5 Å². The fourth-order valence-electron chi connectivity index (χ4n) is 3.63. The Kier molecular flexibility index (Phi) is 8.93. The molecule has 0 aromatic heterocycles. The number of ether oxygens (including phenoxy) is 4. The first kappa shape index (κ1) is 24.4. The Bertz CT molecular complexity index is 1100. The molecule has 3 rings (SSSR count). The zero-order valence-corrected chi connectivity index (χ0v) is 19.6. The highest BCUT2D eigenvalue weighted by molar-refractivity contribution is 6.12. The van der Waals surface area contributed by atoms with E-state index in [9.17, 15) is 9.59 Å². The minimum atomic E-state index is -0.400. The third-order valence-electron chi connectivity index (χ3n) is 5.35. The first-order chi connectivity index (χ1) is 16.1. The van der Waals surface area contributed by atoms with Crippen LogP contribution in [0.15, 0.2) is 42.5 Å². The first-order valence-electron chi connectivity index (χ1n) is 11.6. The first-order valence-corrected chi connectivity index (χ1v) is 11.6. The number of hydrogen-bond acceptors (Lipinski definition) is 6. The number of fused-ring (bicyclic) bond motifs is 2. The lowest BCUT2D eigenvalue weighted by molar-refractivity contribution is -0.146. The fourth-order valence-corrected chi connectivity index (χ4v) is 3.63. The maximum Gasteiger partial charge on any atom is 0.344 e. The molecule has 33 heavy (non-hydrogen) atoms. The highest BCUT2D eigenvalue weighted by Crippen LogP contribution is 2.44. The van der Waals surface area contributed by atoms with Gasteiger partial charge in [-0.2, -0.15) is 0 Å². The van der Waals surface area contributed by atoms with E-state index in [2.05, 4.69) is 0 Å². The van der Waals surface area contributed by atoms with Gasteiger partial charge in [0.2, 0.25) is 0 Å². The average Bonchev–Trinajstić information content (AvgIpc) is 2.81. The molecule has 3 aromatic rings. The van der Waals surface area contributed by atoms with Crippen molar-refractivity contribution < 1.29 is 28.5 Å². The molecule has 0 aliphatic carbocycles. The van der Waals surface area contributed by atoms with Gasteiger partial charge >= 0.3 is 11.9 Å². The number of aryl methyl sites for hydroxylation is 1. The third-order valence-corrected chi connectivity index (χ3v) is 5.35. The van der Waals surface area contributed by atoms with Crippen LogP contribution in [0.1, 0.15) is 45.1 Å². The molecule has 0 atom stereocenters. The molecule has 0 N–H and O–H groups in total. The van der Waals surface area contributed by atoms with Crippen LogP contribution in [-0.2, 0) is 19.1 Å². The van der Waals surface area contributed by atoms with Gasteiger partial charge in [-0.15, -0.1) is 0 Å². The lowest BCUT2D eigenvalue weighted by Gasteiger charge is -2.18. The van der Waals surface area contributed by atoms with Gasteiger partial charge in [0.05, 0.1) is 13.2 Å². The van der Waals surface area contributed by atoms with Crippen molar-refractivity contribution in [1.29, 1.82) is 0 Å². The smallest absolute Gasteiger partial charge is 0.344 e. The third kappa shape index (κ3) is 6.15. The van der Waals surface area contributed by atoms with Crippen LogP contribution in [0.5, 0.6) is 11.5 Å². The van der Waals surface area contributed by atoms with Gasteiger partial charge in [0.1, 0.15) is 11.5 Å². The topological polar surface area (TPSA) is 71.1 Å². The maximum absolute atomic E-state index is 12.2. The maximum atomic E-state index is 12.2. The molecule has 0 saturated carbocycles. The highest BCUT2D eigenvalue weighted by Gasteiger charge is 2.19. The number of rotatable bonds is 12. The number of carbonyl (C=O) groups is 2. The molecule has 6 nitrogen and oxygen atoms in total. The molecule has 0 bridgehead atoms. The summed E-state index contributed by atoms with van der Waals surface area (Å²) in [6.07, 6.45) is 3.56. The van der Waals surface area contributed by atoms with Crippen molar-refractivity contribution in [3.63, 3.8) is 0 Å². The number of hydrogen-bond donors (Lipinski definition) is 0.